The van der Waals surface area contributed by atoms with Gasteiger partial charge >= 0.3 is 0 Å². The quantitative estimate of drug-likeness (QED) is 0.708. The van der Waals surface area contributed by atoms with Gasteiger partial charge in [-0.15, -0.1) is 11.6 Å². The molecule has 18 heavy (non-hydrogen) atoms. The minimum atomic E-state index is 0.0787. The van der Waals surface area contributed by atoms with Gasteiger partial charge in [-0.3, -0.25) is 0 Å². The molecule has 1 aromatic rings. The van der Waals surface area contributed by atoms with Gasteiger partial charge in [-0.1, -0.05) is 13.3 Å². The van der Waals surface area contributed by atoms with Gasteiger partial charge in [0.2, 0.25) is 0 Å². The van der Waals surface area contributed by atoms with E-state index in [4.69, 9.17) is 21.3 Å². The molecule has 1 heterocycles. The van der Waals surface area contributed by atoms with Crippen LogP contribution in [-0.2, 0) is 17.0 Å². The van der Waals surface area contributed by atoms with Gasteiger partial charge in [0.25, 0.3) is 0 Å². The van der Waals surface area contributed by atoms with E-state index in [2.05, 4.69) is 11.9 Å². The number of aryl methyl sites for hydroxylation is 1. The van der Waals surface area contributed by atoms with Crippen molar-refractivity contribution in [1.29, 1.82) is 0 Å². The number of nitrogens with zero attached hydrogens (tertiary/aromatic N) is 2. The Balaban J connectivity index is 2.23. The highest BCUT2D eigenvalue weighted by Gasteiger charge is 2.35. The largest absolute Gasteiger partial charge is 0.370 e. The van der Waals surface area contributed by atoms with Crippen LogP contribution in [0.5, 0.6) is 0 Å². The molecule has 1 aliphatic carbocycles. The molecule has 0 spiro atoms. The van der Waals surface area contributed by atoms with E-state index in [9.17, 15) is 0 Å². The molecule has 0 aromatic carbocycles. The van der Waals surface area contributed by atoms with E-state index in [0.29, 0.717) is 18.4 Å². The molecule has 1 aliphatic rings. The van der Waals surface area contributed by atoms with Crippen molar-refractivity contribution in [2.45, 2.75) is 51.5 Å². The van der Waals surface area contributed by atoms with Crippen LogP contribution in [0, 0.1) is 5.92 Å². The predicted octanol–water partition coefficient (Wildman–Crippen LogP) is 3.66. The monoisotopic (exact) mass is 268 g/mol. The highest BCUT2D eigenvalue weighted by atomic mass is 35.5. The summed E-state index contributed by atoms with van der Waals surface area (Å²) >= 11 is 5.92. The summed E-state index contributed by atoms with van der Waals surface area (Å²) in [6.45, 7) is 4.89. The Hall–Kier alpha value is -0.670. The van der Waals surface area contributed by atoms with Crippen LogP contribution in [0.4, 0.5) is 0 Å². The molecule has 3 nitrogen and oxygen atoms in total. The Morgan fingerprint density at radius 2 is 2.22 bits per heavy atom. The van der Waals surface area contributed by atoms with E-state index in [0.717, 1.165) is 29.9 Å². The number of aromatic nitrogens is 2. The normalized spacial score (nSPS) is 16.8. The third kappa shape index (κ3) is 3.21. The second-order valence-electron chi connectivity index (χ2n) is 4.80. The summed E-state index contributed by atoms with van der Waals surface area (Å²) in [5.41, 5.74) is 2.14. The van der Waals surface area contributed by atoms with Crippen LogP contribution >= 0.6 is 11.6 Å². The van der Waals surface area contributed by atoms with Crippen LogP contribution in [0.3, 0.4) is 0 Å². The second kappa shape index (κ2) is 6.48. The van der Waals surface area contributed by atoms with Crippen molar-refractivity contribution in [3.8, 4) is 0 Å². The standard InChI is InChI=1S/C14H21ClN2O/c1-3-5-12-11(8-15)9-16-14(17-12)13(18-4-2)10-6-7-10/h9-10,13H,3-8H2,1-2H3. The first-order chi connectivity index (χ1) is 8.80. The number of halogens is 1. The molecule has 0 amide bonds. The fraction of sp³-hybridized carbons (Fsp3) is 0.714. The predicted molar refractivity (Wildman–Crippen MR) is 72.7 cm³/mol. The molecule has 1 atom stereocenters. The fourth-order valence-electron chi connectivity index (χ4n) is 2.16. The first kappa shape index (κ1) is 13.8. The number of ether oxygens (including phenoxy) is 1. The Kier molecular flexibility index (Phi) is 4.95. The van der Waals surface area contributed by atoms with Crippen molar-refractivity contribution < 1.29 is 4.74 Å². The number of hydrogen-bond donors (Lipinski definition) is 0. The van der Waals surface area contributed by atoms with Crippen molar-refractivity contribution in [3.05, 3.63) is 23.3 Å². The summed E-state index contributed by atoms with van der Waals surface area (Å²) in [5.74, 6) is 1.94. The highest BCUT2D eigenvalue weighted by molar-refractivity contribution is 6.17. The number of rotatable bonds is 7. The highest BCUT2D eigenvalue weighted by Crippen LogP contribution is 2.42. The van der Waals surface area contributed by atoms with Gasteiger partial charge in [0.05, 0.1) is 5.88 Å². The molecule has 2 rings (SSSR count). The summed E-state index contributed by atoms with van der Waals surface area (Å²) in [5, 5.41) is 0. The Labute approximate surface area is 114 Å². The van der Waals surface area contributed by atoms with Crippen LogP contribution in [-0.4, -0.2) is 16.6 Å². The van der Waals surface area contributed by atoms with Crippen molar-refractivity contribution in [2.75, 3.05) is 6.61 Å². The van der Waals surface area contributed by atoms with E-state index in [1.165, 1.54) is 12.8 Å². The minimum absolute atomic E-state index is 0.0787. The third-order valence-corrected chi connectivity index (χ3v) is 3.54. The SMILES string of the molecule is CCCc1nc(C(OCC)C2CC2)ncc1CCl. The van der Waals surface area contributed by atoms with Gasteiger partial charge in [-0.2, -0.15) is 0 Å². The summed E-state index contributed by atoms with van der Waals surface area (Å²) in [6, 6.07) is 0. The maximum absolute atomic E-state index is 5.92. The average molecular weight is 269 g/mol. The zero-order chi connectivity index (χ0) is 13.0. The van der Waals surface area contributed by atoms with Crippen molar-refractivity contribution in [3.63, 3.8) is 0 Å². The summed E-state index contributed by atoms with van der Waals surface area (Å²) in [6.07, 6.45) is 6.44. The first-order valence-electron chi connectivity index (χ1n) is 6.82. The van der Waals surface area contributed by atoms with Gasteiger partial charge in [0, 0.05) is 24.1 Å². The lowest BCUT2D eigenvalue weighted by Crippen LogP contribution is -2.13. The van der Waals surface area contributed by atoms with Gasteiger partial charge in [0.15, 0.2) is 5.82 Å². The molecule has 1 saturated carbocycles. The third-order valence-electron chi connectivity index (χ3n) is 3.25. The molecule has 100 valence electrons. The van der Waals surface area contributed by atoms with Crippen molar-refractivity contribution in [2.24, 2.45) is 5.92 Å². The van der Waals surface area contributed by atoms with Gasteiger partial charge < -0.3 is 4.74 Å². The minimum Gasteiger partial charge on any atom is -0.370 e. The van der Waals surface area contributed by atoms with E-state index < -0.39 is 0 Å². The van der Waals surface area contributed by atoms with Crippen molar-refractivity contribution in [1.82, 2.24) is 9.97 Å². The Morgan fingerprint density at radius 1 is 1.44 bits per heavy atom. The molecule has 1 fully saturated rings. The molecular weight excluding hydrogens is 248 g/mol. The molecular formula is C14H21ClN2O. The Bertz CT molecular complexity index is 393. The van der Waals surface area contributed by atoms with E-state index in [1.807, 2.05) is 13.1 Å². The summed E-state index contributed by atoms with van der Waals surface area (Å²) in [7, 11) is 0. The van der Waals surface area contributed by atoms with Gasteiger partial charge in [0.1, 0.15) is 6.10 Å². The lowest BCUT2D eigenvalue weighted by Gasteiger charge is -2.16. The summed E-state index contributed by atoms with van der Waals surface area (Å²) in [4.78, 5) is 9.14. The van der Waals surface area contributed by atoms with Crippen LogP contribution in [0.15, 0.2) is 6.20 Å². The zero-order valence-electron chi connectivity index (χ0n) is 11.2. The lowest BCUT2D eigenvalue weighted by molar-refractivity contribution is 0.0398. The van der Waals surface area contributed by atoms with Crippen LogP contribution in [0.1, 0.15) is 56.3 Å². The zero-order valence-corrected chi connectivity index (χ0v) is 11.9. The molecule has 0 N–H and O–H groups in total. The van der Waals surface area contributed by atoms with E-state index in [1.54, 1.807) is 0 Å². The van der Waals surface area contributed by atoms with Crippen molar-refractivity contribution >= 4 is 11.6 Å². The molecule has 0 saturated heterocycles. The Morgan fingerprint density at radius 3 is 2.78 bits per heavy atom. The van der Waals surface area contributed by atoms with Crippen LogP contribution in [0.25, 0.3) is 0 Å². The molecule has 1 unspecified atom stereocenters. The van der Waals surface area contributed by atoms with Gasteiger partial charge in [-0.25, -0.2) is 9.97 Å². The summed E-state index contributed by atoms with van der Waals surface area (Å²) < 4.78 is 5.80. The average Bonchev–Trinajstić information content (AvgIpc) is 3.20. The molecule has 0 radical (unpaired) electrons. The van der Waals surface area contributed by atoms with Gasteiger partial charge in [-0.05, 0) is 32.1 Å². The maximum atomic E-state index is 5.92. The van der Waals surface area contributed by atoms with Crippen LogP contribution < -0.4 is 0 Å². The number of hydrogen-bond acceptors (Lipinski definition) is 3. The van der Waals surface area contributed by atoms with Crippen LogP contribution in [0.2, 0.25) is 0 Å². The maximum Gasteiger partial charge on any atom is 0.157 e. The topological polar surface area (TPSA) is 35.0 Å². The smallest absolute Gasteiger partial charge is 0.157 e. The van der Waals surface area contributed by atoms with E-state index >= 15 is 0 Å². The fourth-order valence-corrected chi connectivity index (χ4v) is 2.38. The lowest BCUT2D eigenvalue weighted by atomic mass is 10.1. The van der Waals surface area contributed by atoms with E-state index in [-0.39, 0.29) is 6.10 Å². The molecule has 4 heteroatoms. The molecule has 1 aromatic heterocycles. The molecule has 0 aliphatic heterocycles. The molecule has 0 bridgehead atoms. The second-order valence-corrected chi connectivity index (χ2v) is 5.06. The first-order valence-corrected chi connectivity index (χ1v) is 7.35. The number of alkyl halides is 1.